The second kappa shape index (κ2) is 6.64. The SMILES string of the molecule is CC1=NC(C(=O)OCc2ccccc2)C(c2nc3ccccc3s2)O1. The van der Waals surface area contributed by atoms with Crippen LogP contribution in [-0.4, -0.2) is 22.9 Å². The van der Waals surface area contributed by atoms with E-state index in [1.165, 1.54) is 11.3 Å². The molecule has 3 aromatic rings. The fourth-order valence-electron chi connectivity index (χ4n) is 2.73. The van der Waals surface area contributed by atoms with Crippen LogP contribution in [0.1, 0.15) is 23.6 Å². The van der Waals surface area contributed by atoms with Crippen molar-refractivity contribution >= 4 is 33.4 Å². The first kappa shape index (κ1) is 15.8. The number of thiazole rings is 1. The van der Waals surface area contributed by atoms with Gasteiger partial charge in [-0.05, 0) is 17.7 Å². The number of carbonyl (C=O) groups is 1. The average molecular weight is 352 g/mol. The van der Waals surface area contributed by atoms with E-state index in [2.05, 4.69) is 9.98 Å². The van der Waals surface area contributed by atoms with E-state index in [4.69, 9.17) is 9.47 Å². The molecule has 6 heteroatoms. The van der Waals surface area contributed by atoms with Gasteiger partial charge in [-0.1, -0.05) is 42.5 Å². The van der Waals surface area contributed by atoms with Crippen LogP contribution in [0.3, 0.4) is 0 Å². The lowest BCUT2D eigenvalue weighted by molar-refractivity contribution is -0.148. The molecular formula is C19H16N2O3S. The normalized spacial score (nSPS) is 19.5. The highest BCUT2D eigenvalue weighted by molar-refractivity contribution is 7.18. The maximum absolute atomic E-state index is 12.5. The first-order valence-electron chi connectivity index (χ1n) is 7.98. The minimum Gasteiger partial charge on any atom is -0.468 e. The lowest BCUT2D eigenvalue weighted by Gasteiger charge is -2.14. The summed E-state index contributed by atoms with van der Waals surface area (Å²) in [5.41, 5.74) is 1.83. The molecule has 0 aliphatic carbocycles. The van der Waals surface area contributed by atoms with Gasteiger partial charge in [-0.25, -0.2) is 14.8 Å². The van der Waals surface area contributed by atoms with E-state index in [0.29, 0.717) is 5.90 Å². The Balaban J connectivity index is 1.53. The lowest BCUT2D eigenvalue weighted by Crippen LogP contribution is -2.26. The average Bonchev–Trinajstić information content (AvgIpc) is 3.23. The third kappa shape index (κ3) is 3.25. The van der Waals surface area contributed by atoms with Crippen molar-refractivity contribution in [3.63, 3.8) is 0 Å². The molecule has 0 amide bonds. The molecule has 2 unspecified atom stereocenters. The highest BCUT2D eigenvalue weighted by Crippen LogP contribution is 2.35. The summed E-state index contributed by atoms with van der Waals surface area (Å²) >= 11 is 1.51. The van der Waals surface area contributed by atoms with Crippen LogP contribution in [-0.2, 0) is 20.9 Å². The van der Waals surface area contributed by atoms with Crippen LogP contribution in [0.15, 0.2) is 59.6 Å². The van der Waals surface area contributed by atoms with E-state index < -0.39 is 18.1 Å². The zero-order valence-corrected chi connectivity index (χ0v) is 14.4. The van der Waals surface area contributed by atoms with Crippen molar-refractivity contribution in [2.45, 2.75) is 25.7 Å². The standard InChI is InChI=1S/C19H16N2O3S/c1-12-20-16(19(22)23-11-13-7-3-2-4-8-13)17(24-12)18-21-14-9-5-6-10-15(14)25-18/h2-10,16-17H,11H2,1H3. The van der Waals surface area contributed by atoms with Crippen molar-refractivity contribution in [3.8, 4) is 0 Å². The largest absolute Gasteiger partial charge is 0.468 e. The van der Waals surface area contributed by atoms with Crippen LogP contribution in [0.25, 0.3) is 10.2 Å². The Hall–Kier alpha value is -2.73. The van der Waals surface area contributed by atoms with Crippen LogP contribution in [0.2, 0.25) is 0 Å². The third-order valence-corrected chi connectivity index (χ3v) is 5.02. The molecule has 0 saturated carbocycles. The van der Waals surface area contributed by atoms with E-state index >= 15 is 0 Å². The minimum absolute atomic E-state index is 0.220. The number of ether oxygens (including phenoxy) is 2. The van der Waals surface area contributed by atoms with Crippen LogP contribution in [0.5, 0.6) is 0 Å². The molecule has 0 saturated heterocycles. The Morgan fingerprint density at radius 3 is 2.72 bits per heavy atom. The van der Waals surface area contributed by atoms with Crippen molar-refractivity contribution in [2.75, 3.05) is 0 Å². The number of para-hydroxylation sites is 1. The fourth-order valence-corrected chi connectivity index (χ4v) is 3.76. The Bertz CT molecular complexity index is 903. The van der Waals surface area contributed by atoms with E-state index in [0.717, 1.165) is 20.8 Å². The Morgan fingerprint density at radius 1 is 1.16 bits per heavy atom. The summed E-state index contributed by atoms with van der Waals surface area (Å²) < 4.78 is 12.3. The van der Waals surface area contributed by atoms with Crippen LogP contribution in [0.4, 0.5) is 0 Å². The van der Waals surface area contributed by atoms with Crippen LogP contribution in [0, 0.1) is 0 Å². The number of fused-ring (bicyclic) bond motifs is 1. The molecule has 0 N–H and O–H groups in total. The molecule has 4 rings (SSSR count). The topological polar surface area (TPSA) is 60.8 Å². The number of hydrogen-bond acceptors (Lipinski definition) is 6. The van der Waals surface area contributed by atoms with Crippen LogP contribution < -0.4 is 0 Å². The molecule has 1 aromatic heterocycles. The predicted octanol–water partition coefficient (Wildman–Crippen LogP) is 3.90. The Kier molecular flexibility index (Phi) is 4.19. The monoisotopic (exact) mass is 352 g/mol. The Morgan fingerprint density at radius 2 is 1.92 bits per heavy atom. The summed E-state index contributed by atoms with van der Waals surface area (Å²) in [4.78, 5) is 21.4. The summed E-state index contributed by atoms with van der Waals surface area (Å²) in [7, 11) is 0. The zero-order valence-electron chi connectivity index (χ0n) is 13.6. The van der Waals surface area contributed by atoms with Crippen molar-refractivity contribution in [1.29, 1.82) is 0 Å². The van der Waals surface area contributed by atoms with Gasteiger partial charge in [0.25, 0.3) is 0 Å². The summed E-state index contributed by atoms with van der Waals surface area (Å²) in [6.07, 6.45) is -0.527. The summed E-state index contributed by atoms with van der Waals surface area (Å²) in [6, 6.07) is 16.7. The molecule has 2 atom stereocenters. The summed E-state index contributed by atoms with van der Waals surface area (Å²) in [6.45, 7) is 1.96. The van der Waals surface area contributed by atoms with Crippen molar-refractivity contribution < 1.29 is 14.3 Å². The highest BCUT2D eigenvalue weighted by Gasteiger charge is 2.39. The van der Waals surface area contributed by atoms with Gasteiger partial charge >= 0.3 is 5.97 Å². The van der Waals surface area contributed by atoms with Gasteiger partial charge in [0.15, 0.2) is 18.0 Å². The van der Waals surface area contributed by atoms with Gasteiger partial charge < -0.3 is 9.47 Å². The number of rotatable bonds is 4. The highest BCUT2D eigenvalue weighted by atomic mass is 32.1. The Labute approximate surface area is 148 Å². The maximum Gasteiger partial charge on any atom is 0.335 e. The molecule has 25 heavy (non-hydrogen) atoms. The van der Waals surface area contributed by atoms with Crippen molar-refractivity contribution in [2.24, 2.45) is 4.99 Å². The maximum atomic E-state index is 12.5. The first-order valence-corrected chi connectivity index (χ1v) is 8.79. The van der Waals surface area contributed by atoms with Gasteiger partial charge in [-0.2, -0.15) is 0 Å². The molecule has 0 spiro atoms. The molecule has 5 nitrogen and oxygen atoms in total. The molecule has 0 bridgehead atoms. The number of aromatic nitrogens is 1. The first-order chi connectivity index (χ1) is 12.2. The summed E-state index contributed by atoms with van der Waals surface area (Å²) in [5.74, 6) is 0.0795. The van der Waals surface area contributed by atoms with Gasteiger partial charge in [-0.3, -0.25) is 0 Å². The van der Waals surface area contributed by atoms with Gasteiger partial charge in [0.05, 0.1) is 10.2 Å². The van der Waals surface area contributed by atoms with E-state index in [1.807, 2.05) is 54.6 Å². The number of nitrogens with zero attached hydrogens (tertiary/aromatic N) is 2. The van der Waals surface area contributed by atoms with Gasteiger partial charge in [-0.15, -0.1) is 11.3 Å². The van der Waals surface area contributed by atoms with Gasteiger partial charge in [0, 0.05) is 6.92 Å². The quantitative estimate of drug-likeness (QED) is 0.668. The molecule has 2 heterocycles. The molecule has 1 aliphatic heterocycles. The lowest BCUT2D eigenvalue weighted by atomic mass is 10.2. The molecule has 1 aliphatic rings. The number of hydrogen-bond donors (Lipinski definition) is 0. The fraction of sp³-hybridized carbons (Fsp3) is 0.211. The summed E-state index contributed by atoms with van der Waals surface area (Å²) in [5, 5.41) is 0.739. The van der Waals surface area contributed by atoms with E-state index in [1.54, 1.807) is 6.92 Å². The van der Waals surface area contributed by atoms with Crippen LogP contribution >= 0.6 is 11.3 Å². The minimum atomic E-state index is -0.718. The number of esters is 1. The molecule has 0 radical (unpaired) electrons. The van der Waals surface area contributed by atoms with E-state index in [-0.39, 0.29) is 6.61 Å². The molecule has 126 valence electrons. The molecule has 0 fully saturated rings. The number of benzene rings is 2. The van der Waals surface area contributed by atoms with Gasteiger partial charge in [0.1, 0.15) is 11.6 Å². The van der Waals surface area contributed by atoms with Gasteiger partial charge in [0.2, 0.25) is 0 Å². The zero-order chi connectivity index (χ0) is 17.2. The van der Waals surface area contributed by atoms with Crippen molar-refractivity contribution in [3.05, 3.63) is 65.2 Å². The smallest absolute Gasteiger partial charge is 0.335 e. The molecular weight excluding hydrogens is 336 g/mol. The van der Waals surface area contributed by atoms with E-state index in [9.17, 15) is 4.79 Å². The second-order valence-corrected chi connectivity index (χ2v) is 6.81. The van der Waals surface area contributed by atoms with Crippen molar-refractivity contribution in [1.82, 2.24) is 4.98 Å². The molecule has 2 aromatic carbocycles. The third-order valence-electron chi connectivity index (χ3n) is 3.92. The number of carbonyl (C=O) groups excluding carboxylic acids is 1. The predicted molar refractivity (Wildman–Crippen MR) is 96.6 cm³/mol. The number of aliphatic imine (C=N–C) groups is 1. The second-order valence-electron chi connectivity index (χ2n) is 5.74.